The van der Waals surface area contributed by atoms with Crippen molar-refractivity contribution in [2.45, 2.75) is 52.1 Å². The van der Waals surface area contributed by atoms with Crippen LogP contribution in [0.25, 0.3) is 0 Å². The molecule has 2 heteroatoms. The molecule has 18 heavy (non-hydrogen) atoms. The summed E-state index contributed by atoms with van der Waals surface area (Å²) in [6.45, 7) is 9.19. The maximum atomic E-state index is 10.4. The molecule has 1 unspecified atom stereocenters. The number of aliphatic hydroxyl groups is 1. The van der Waals surface area contributed by atoms with Crippen LogP contribution in [-0.4, -0.2) is 11.7 Å². The minimum absolute atomic E-state index is 0.1000. The molecule has 100 valence electrons. The molecule has 0 aromatic heterocycles. The Morgan fingerprint density at radius 2 is 2.00 bits per heavy atom. The number of ether oxygens (including phenoxy) is 1. The molecule has 0 aliphatic heterocycles. The van der Waals surface area contributed by atoms with E-state index in [-0.39, 0.29) is 11.5 Å². The van der Waals surface area contributed by atoms with Crippen molar-refractivity contribution in [3.05, 3.63) is 29.3 Å². The van der Waals surface area contributed by atoms with E-state index in [9.17, 15) is 5.11 Å². The first-order valence-electron chi connectivity index (χ1n) is 6.88. The quantitative estimate of drug-likeness (QED) is 0.877. The normalized spacial score (nSPS) is 17.6. The summed E-state index contributed by atoms with van der Waals surface area (Å²) in [6, 6.07) is 6.23. The standard InChI is InChI=1S/C16H24O2/c1-5-18-14-9-8-12(16(2,3)4)10-13(14)15(17)11-6-7-11/h8-11,15,17H,5-7H2,1-4H3. The van der Waals surface area contributed by atoms with Crippen LogP contribution >= 0.6 is 0 Å². The van der Waals surface area contributed by atoms with Crippen LogP contribution in [0.3, 0.4) is 0 Å². The largest absolute Gasteiger partial charge is 0.493 e. The molecule has 1 fully saturated rings. The topological polar surface area (TPSA) is 29.5 Å². The van der Waals surface area contributed by atoms with Gasteiger partial charge in [-0.1, -0.05) is 26.8 Å². The SMILES string of the molecule is CCOc1ccc(C(C)(C)C)cc1C(O)C1CC1. The molecule has 0 spiro atoms. The Morgan fingerprint density at radius 3 is 2.50 bits per heavy atom. The van der Waals surface area contributed by atoms with Gasteiger partial charge in [-0.05, 0) is 48.8 Å². The van der Waals surface area contributed by atoms with Crippen molar-refractivity contribution in [1.82, 2.24) is 0 Å². The fourth-order valence-electron chi connectivity index (χ4n) is 2.20. The van der Waals surface area contributed by atoms with E-state index in [4.69, 9.17) is 4.74 Å². The smallest absolute Gasteiger partial charge is 0.125 e. The molecule has 1 aromatic rings. The summed E-state index contributed by atoms with van der Waals surface area (Å²) >= 11 is 0. The monoisotopic (exact) mass is 248 g/mol. The van der Waals surface area contributed by atoms with E-state index in [1.54, 1.807) is 0 Å². The maximum absolute atomic E-state index is 10.4. The molecule has 0 bridgehead atoms. The summed E-state index contributed by atoms with van der Waals surface area (Å²) in [6.07, 6.45) is 1.90. The van der Waals surface area contributed by atoms with Crippen LogP contribution < -0.4 is 4.74 Å². The van der Waals surface area contributed by atoms with E-state index < -0.39 is 0 Å². The second-order valence-electron chi connectivity index (χ2n) is 6.22. The summed E-state index contributed by atoms with van der Waals surface area (Å²) in [4.78, 5) is 0. The summed E-state index contributed by atoms with van der Waals surface area (Å²) in [7, 11) is 0. The van der Waals surface area contributed by atoms with Crippen LogP contribution in [0.15, 0.2) is 18.2 Å². The molecule has 0 heterocycles. The number of rotatable bonds is 4. The Bertz CT molecular complexity index is 414. The van der Waals surface area contributed by atoms with Crippen molar-refractivity contribution in [2.24, 2.45) is 5.92 Å². The molecule has 0 radical (unpaired) electrons. The molecule has 1 aliphatic carbocycles. The summed E-state index contributed by atoms with van der Waals surface area (Å²) in [5.74, 6) is 1.27. The minimum Gasteiger partial charge on any atom is -0.493 e. The highest BCUT2D eigenvalue weighted by Crippen LogP contribution is 2.44. The lowest BCUT2D eigenvalue weighted by molar-refractivity contribution is 0.148. The summed E-state index contributed by atoms with van der Waals surface area (Å²) in [5.41, 5.74) is 2.32. The Hall–Kier alpha value is -1.02. The van der Waals surface area contributed by atoms with Gasteiger partial charge in [0.25, 0.3) is 0 Å². The van der Waals surface area contributed by atoms with Crippen LogP contribution in [0.5, 0.6) is 5.75 Å². The third kappa shape index (κ3) is 2.86. The molecule has 1 aromatic carbocycles. The molecule has 2 nitrogen and oxygen atoms in total. The average molecular weight is 248 g/mol. The van der Waals surface area contributed by atoms with Crippen LogP contribution in [0, 0.1) is 5.92 Å². The van der Waals surface area contributed by atoms with Gasteiger partial charge in [-0.2, -0.15) is 0 Å². The molecular formula is C16H24O2. The molecule has 1 atom stereocenters. The molecular weight excluding hydrogens is 224 g/mol. The van der Waals surface area contributed by atoms with E-state index in [1.165, 1.54) is 5.56 Å². The zero-order chi connectivity index (χ0) is 13.3. The van der Waals surface area contributed by atoms with Crippen molar-refractivity contribution in [2.75, 3.05) is 6.61 Å². The zero-order valence-corrected chi connectivity index (χ0v) is 11.9. The van der Waals surface area contributed by atoms with Crippen molar-refractivity contribution in [1.29, 1.82) is 0 Å². The zero-order valence-electron chi connectivity index (χ0n) is 11.9. The number of benzene rings is 1. The van der Waals surface area contributed by atoms with Gasteiger partial charge in [0.15, 0.2) is 0 Å². The fourth-order valence-corrected chi connectivity index (χ4v) is 2.20. The molecule has 1 saturated carbocycles. The Kier molecular flexibility index (Phi) is 3.67. The van der Waals surface area contributed by atoms with Crippen molar-refractivity contribution in [3.63, 3.8) is 0 Å². The second kappa shape index (κ2) is 4.93. The van der Waals surface area contributed by atoms with Crippen LogP contribution in [-0.2, 0) is 5.41 Å². The van der Waals surface area contributed by atoms with Gasteiger partial charge in [0, 0.05) is 5.56 Å². The molecule has 1 N–H and O–H groups in total. The van der Waals surface area contributed by atoms with Gasteiger partial charge >= 0.3 is 0 Å². The van der Waals surface area contributed by atoms with Crippen LogP contribution in [0.2, 0.25) is 0 Å². The summed E-state index contributed by atoms with van der Waals surface area (Å²) < 4.78 is 5.64. The average Bonchev–Trinajstić information content (AvgIpc) is 3.11. The lowest BCUT2D eigenvalue weighted by Crippen LogP contribution is -2.13. The Balaban J connectivity index is 2.37. The fraction of sp³-hybridized carbons (Fsp3) is 0.625. The van der Waals surface area contributed by atoms with E-state index >= 15 is 0 Å². The third-order valence-corrected chi connectivity index (χ3v) is 3.56. The molecule has 0 amide bonds. The predicted octanol–water partition coefficient (Wildman–Crippen LogP) is 3.83. The summed E-state index contributed by atoms with van der Waals surface area (Å²) in [5, 5.41) is 10.4. The Morgan fingerprint density at radius 1 is 1.33 bits per heavy atom. The van der Waals surface area contributed by atoms with Gasteiger partial charge in [0.05, 0.1) is 12.7 Å². The van der Waals surface area contributed by atoms with E-state index in [1.807, 2.05) is 13.0 Å². The maximum Gasteiger partial charge on any atom is 0.125 e. The van der Waals surface area contributed by atoms with Gasteiger partial charge in [0.2, 0.25) is 0 Å². The highest BCUT2D eigenvalue weighted by atomic mass is 16.5. The highest BCUT2D eigenvalue weighted by Gasteiger charge is 2.33. The number of hydrogen-bond acceptors (Lipinski definition) is 2. The van der Waals surface area contributed by atoms with Gasteiger partial charge < -0.3 is 9.84 Å². The molecule has 1 aliphatic rings. The van der Waals surface area contributed by atoms with Gasteiger partial charge in [-0.15, -0.1) is 0 Å². The van der Waals surface area contributed by atoms with E-state index in [2.05, 4.69) is 32.9 Å². The second-order valence-corrected chi connectivity index (χ2v) is 6.22. The number of hydrogen-bond donors (Lipinski definition) is 1. The lowest BCUT2D eigenvalue weighted by atomic mass is 9.85. The molecule has 0 saturated heterocycles. The Labute approximate surface area is 110 Å². The first-order valence-corrected chi connectivity index (χ1v) is 6.88. The van der Waals surface area contributed by atoms with Crippen molar-refractivity contribution in [3.8, 4) is 5.75 Å². The molecule has 2 rings (SSSR count). The van der Waals surface area contributed by atoms with Crippen LogP contribution in [0.1, 0.15) is 57.8 Å². The number of aliphatic hydroxyl groups excluding tert-OH is 1. The predicted molar refractivity (Wildman–Crippen MR) is 74.0 cm³/mol. The lowest BCUT2D eigenvalue weighted by Gasteiger charge is -2.23. The van der Waals surface area contributed by atoms with E-state index in [0.717, 1.165) is 24.2 Å². The highest BCUT2D eigenvalue weighted by molar-refractivity contribution is 5.41. The van der Waals surface area contributed by atoms with Crippen molar-refractivity contribution >= 4 is 0 Å². The van der Waals surface area contributed by atoms with Gasteiger partial charge in [0.1, 0.15) is 5.75 Å². The van der Waals surface area contributed by atoms with Gasteiger partial charge in [-0.25, -0.2) is 0 Å². The van der Waals surface area contributed by atoms with Crippen molar-refractivity contribution < 1.29 is 9.84 Å². The van der Waals surface area contributed by atoms with E-state index in [0.29, 0.717) is 12.5 Å². The van der Waals surface area contributed by atoms with Crippen LogP contribution in [0.4, 0.5) is 0 Å². The minimum atomic E-state index is -0.367. The first kappa shape index (κ1) is 13.4. The van der Waals surface area contributed by atoms with Gasteiger partial charge in [-0.3, -0.25) is 0 Å². The third-order valence-electron chi connectivity index (χ3n) is 3.56. The first-order chi connectivity index (χ1) is 8.43.